The smallest absolute Gasteiger partial charge is 0.228 e. The number of pyridine rings is 1. The Hall–Kier alpha value is -2.73. The molecule has 0 saturated carbocycles. The first-order chi connectivity index (χ1) is 15.0. The molecule has 31 heavy (non-hydrogen) atoms. The van der Waals surface area contributed by atoms with Gasteiger partial charge in [-0.2, -0.15) is 0 Å². The van der Waals surface area contributed by atoms with Gasteiger partial charge in [-0.25, -0.2) is 0 Å². The Morgan fingerprint density at radius 1 is 1.13 bits per heavy atom. The van der Waals surface area contributed by atoms with Gasteiger partial charge in [0.2, 0.25) is 11.8 Å². The van der Waals surface area contributed by atoms with Gasteiger partial charge < -0.3 is 14.5 Å². The SMILES string of the molecule is CC(C)c1ccc(N2CC(C(=O)N3CCC(OCc4ccccn4)CC3)CC2=O)cc1. The van der Waals surface area contributed by atoms with E-state index >= 15 is 0 Å². The predicted octanol–water partition coefficient (Wildman–Crippen LogP) is 3.77. The maximum absolute atomic E-state index is 13.0. The van der Waals surface area contributed by atoms with E-state index in [9.17, 15) is 9.59 Å². The average molecular weight is 422 g/mol. The van der Waals surface area contributed by atoms with Crippen LogP contribution in [0, 0.1) is 5.92 Å². The molecule has 1 atom stereocenters. The molecule has 0 bridgehead atoms. The number of aromatic nitrogens is 1. The van der Waals surface area contributed by atoms with Crippen molar-refractivity contribution < 1.29 is 14.3 Å². The molecule has 6 nitrogen and oxygen atoms in total. The van der Waals surface area contributed by atoms with E-state index in [1.165, 1.54) is 5.56 Å². The van der Waals surface area contributed by atoms with E-state index in [2.05, 4.69) is 31.0 Å². The van der Waals surface area contributed by atoms with Gasteiger partial charge in [-0.3, -0.25) is 14.6 Å². The third kappa shape index (κ3) is 5.13. The fraction of sp³-hybridized carbons (Fsp3) is 0.480. The molecule has 1 unspecified atom stereocenters. The molecule has 0 radical (unpaired) electrons. The molecular formula is C25H31N3O3. The van der Waals surface area contributed by atoms with Crippen LogP contribution in [0.2, 0.25) is 0 Å². The normalized spacial score (nSPS) is 20.0. The van der Waals surface area contributed by atoms with E-state index < -0.39 is 0 Å². The fourth-order valence-electron chi connectivity index (χ4n) is 4.35. The van der Waals surface area contributed by atoms with Crippen molar-refractivity contribution in [2.75, 3.05) is 24.5 Å². The maximum atomic E-state index is 13.0. The lowest BCUT2D eigenvalue weighted by Gasteiger charge is -2.33. The van der Waals surface area contributed by atoms with Gasteiger partial charge in [0.1, 0.15) is 0 Å². The van der Waals surface area contributed by atoms with Gasteiger partial charge in [0, 0.05) is 37.9 Å². The molecule has 2 aromatic rings. The molecule has 2 saturated heterocycles. The first-order valence-electron chi connectivity index (χ1n) is 11.2. The zero-order valence-electron chi connectivity index (χ0n) is 18.4. The zero-order chi connectivity index (χ0) is 21.8. The Labute approximate surface area is 184 Å². The van der Waals surface area contributed by atoms with Crippen molar-refractivity contribution in [3.8, 4) is 0 Å². The van der Waals surface area contributed by atoms with Gasteiger partial charge in [-0.05, 0) is 48.6 Å². The molecular weight excluding hydrogens is 390 g/mol. The van der Waals surface area contributed by atoms with E-state index in [0.29, 0.717) is 38.6 Å². The van der Waals surface area contributed by atoms with Crippen LogP contribution in [0.4, 0.5) is 5.69 Å². The minimum atomic E-state index is -0.261. The Morgan fingerprint density at radius 2 is 1.87 bits per heavy atom. The number of carbonyl (C=O) groups excluding carboxylic acids is 2. The number of likely N-dealkylation sites (tertiary alicyclic amines) is 1. The van der Waals surface area contributed by atoms with Gasteiger partial charge in [0.15, 0.2) is 0 Å². The van der Waals surface area contributed by atoms with Gasteiger partial charge in [-0.1, -0.05) is 32.0 Å². The fourth-order valence-corrected chi connectivity index (χ4v) is 4.35. The van der Waals surface area contributed by atoms with E-state index in [1.807, 2.05) is 35.2 Å². The summed E-state index contributed by atoms with van der Waals surface area (Å²) in [5, 5.41) is 0. The highest BCUT2D eigenvalue weighted by Crippen LogP contribution is 2.29. The molecule has 0 N–H and O–H groups in total. The minimum Gasteiger partial charge on any atom is -0.372 e. The van der Waals surface area contributed by atoms with Crippen molar-refractivity contribution >= 4 is 17.5 Å². The Balaban J connectivity index is 1.28. The van der Waals surface area contributed by atoms with Gasteiger partial charge in [0.25, 0.3) is 0 Å². The van der Waals surface area contributed by atoms with Crippen LogP contribution in [-0.2, 0) is 20.9 Å². The van der Waals surface area contributed by atoms with Crippen LogP contribution in [-0.4, -0.2) is 47.4 Å². The number of hydrogen-bond acceptors (Lipinski definition) is 4. The summed E-state index contributed by atoms with van der Waals surface area (Å²) < 4.78 is 5.98. The standard InChI is InChI=1S/C25H31N3O3/c1-18(2)19-6-8-22(9-7-19)28-16-20(15-24(28)29)25(30)27-13-10-23(11-14-27)31-17-21-5-3-4-12-26-21/h3-9,12,18,20,23H,10-11,13-17H2,1-2H3. The van der Waals surface area contributed by atoms with Crippen molar-refractivity contribution in [1.82, 2.24) is 9.88 Å². The van der Waals surface area contributed by atoms with E-state index in [0.717, 1.165) is 24.2 Å². The summed E-state index contributed by atoms with van der Waals surface area (Å²) in [7, 11) is 0. The van der Waals surface area contributed by atoms with Crippen molar-refractivity contribution in [3.05, 3.63) is 59.9 Å². The molecule has 2 aliphatic rings. The lowest BCUT2D eigenvalue weighted by molar-refractivity contribution is -0.138. The van der Waals surface area contributed by atoms with Crippen LogP contribution in [0.5, 0.6) is 0 Å². The zero-order valence-corrected chi connectivity index (χ0v) is 18.4. The van der Waals surface area contributed by atoms with Crippen LogP contribution in [0.15, 0.2) is 48.7 Å². The number of nitrogens with zero attached hydrogens (tertiary/aromatic N) is 3. The summed E-state index contributed by atoms with van der Waals surface area (Å²) in [4.78, 5) is 33.6. The molecule has 1 aromatic heterocycles. The molecule has 0 spiro atoms. The molecule has 4 rings (SSSR count). The number of carbonyl (C=O) groups is 2. The number of anilines is 1. The molecule has 2 aliphatic heterocycles. The molecule has 6 heteroatoms. The second kappa shape index (κ2) is 9.60. The molecule has 2 fully saturated rings. The molecule has 1 aromatic carbocycles. The largest absolute Gasteiger partial charge is 0.372 e. The number of amides is 2. The van der Waals surface area contributed by atoms with Crippen LogP contribution in [0.25, 0.3) is 0 Å². The lowest BCUT2D eigenvalue weighted by atomic mass is 10.0. The first kappa shape index (κ1) is 21.5. The monoisotopic (exact) mass is 421 g/mol. The summed E-state index contributed by atoms with van der Waals surface area (Å²) in [6.07, 6.45) is 3.84. The van der Waals surface area contributed by atoms with Gasteiger partial charge in [-0.15, -0.1) is 0 Å². The third-order valence-electron chi connectivity index (χ3n) is 6.29. The van der Waals surface area contributed by atoms with Crippen molar-refractivity contribution in [1.29, 1.82) is 0 Å². The molecule has 0 aliphatic carbocycles. The number of piperidine rings is 1. The topological polar surface area (TPSA) is 62.7 Å². The quantitative estimate of drug-likeness (QED) is 0.712. The van der Waals surface area contributed by atoms with Crippen molar-refractivity contribution in [2.45, 2.75) is 51.7 Å². The molecule has 3 heterocycles. The summed E-state index contributed by atoms with van der Waals surface area (Å²) in [5.41, 5.74) is 3.05. The summed E-state index contributed by atoms with van der Waals surface area (Å²) in [6.45, 7) is 6.63. The average Bonchev–Trinajstić information content (AvgIpc) is 3.20. The van der Waals surface area contributed by atoms with Gasteiger partial charge >= 0.3 is 0 Å². The van der Waals surface area contributed by atoms with Crippen LogP contribution >= 0.6 is 0 Å². The summed E-state index contributed by atoms with van der Waals surface area (Å²) >= 11 is 0. The number of rotatable bonds is 6. The van der Waals surface area contributed by atoms with E-state index in [-0.39, 0.29) is 23.8 Å². The highest BCUT2D eigenvalue weighted by Gasteiger charge is 2.38. The van der Waals surface area contributed by atoms with Crippen LogP contribution < -0.4 is 4.90 Å². The van der Waals surface area contributed by atoms with Crippen LogP contribution in [0.3, 0.4) is 0 Å². The summed E-state index contributed by atoms with van der Waals surface area (Å²) in [5.74, 6) is 0.318. The maximum Gasteiger partial charge on any atom is 0.228 e. The van der Waals surface area contributed by atoms with E-state index in [4.69, 9.17) is 4.74 Å². The Morgan fingerprint density at radius 3 is 2.52 bits per heavy atom. The van der Waals surface area contributed by atoms with Crippen molar-refractivity contribution in [2.24, 2.45) is 5.92 Å². The minimum absolute atomic E-state index is 0.0317. The Bertz CT molecular complexity index is 890. The first-order valence-corrected chi connectivity index (χ1v) is 11.2. The second-order valence-electron chi connectivity index (χ2n) is 8.81. The van der Waals surface area contributed by atoms with Crippen LogP contribution in [0.1, 0.15) is 50.3 Å². The van der Waals surface area contributed by atoms with Gasteiger partial charge in [0.05, 0.1) is 24.3 Å². The lowest BCUT2D eigenvalue weighted by Crippen LogP contribution is -2.44. The number of hydrogen-bond donors (Lipinski definition) is 0. The van der Waals surface area contributed by atoms with E-state index in [1.54, 1.807) is 11.1 Å². The second-order valence-corrected chi connectivity index (χ2v) is 8.81. The highest BCUT2D eigenvalue weighted by atomic mass is 16.5. The number of ether oxygens (including phenoxy) is 1. The van der Waals surface area contributed by atoms with Crippen molar-refractivity contribution in [3.63, 3.8) is 0 Å². The molecule has 2 amide bonds. The molecule has 164 valence electrons. The third-order valence-corrected chi connectivity index (χ3v) is 6.29. The summed E-state index contributed by atoms with van der Waals surface area (Å²) in [6, 6.07) is 13.9. The predicted molar refractivity (Wildman–Crippen MR) is 120 cm³/mol. The number of benzene rings is 1. The Kier molecular flexibility index (Phi) is 6.66. The highest BCUT2D eigenvalue weighted by molar-refractivity contribution is 6.00.